The first-order valence-corrected chi connectivity index (χ1v) is 10.3. The summed E-state index contributed by atoms with van der Waals surface area (Å²) in [5.41, 5.74) is 3.28. The summed E-state index contributed by atoms with van der Waals surface area (Å²) in [7, 11) is 1.73. The van der Waals surface area contributed by atoms with E-state index in [2.05, 4.69) is 23.9 Å². The molecule has 2 aromatic heterocycles. The van der Waals surface area contributed by atoms with Crippen LogP contribution in [0.2, 0.25) is 0 Å². The van der Waals surface area contributed by atoms with Gasteiger partial charge in [-0.05, 0) is 62.1 Å². The van der Waals surface area contributed by atoms with Gasteiger partial charge in [0.1, 0.15) is 0 Å². The number of alkyl halides is 3. The van der Waals surface area contributed by atoms with Crippen molar-refractivity contribution >= 4 is 11.6 Å². The zero-order valence-electron chi connectivity index (χ0n) is 18.3. The lowest BCUT2D eigenvalue weighted by molar-refractivity contribution is -0.214. The summed E-state index contributed by atoms with van der Waals surface area (Å²) in [6.07, 6.45) is -1.60. The number of rotatable bonds is 6. The van der Waals surface area contributed by atoms with E-state index in [1.807, 2.05) is 13.0 Å². The van der Waals surface area contributed by atoms with Crippen molar-refractivity contribution in [3.05, 3.63) is 41.0 Å². The molecule has 2 aromatic rings. The Morgan fingerprint density at radius 1 is 1.27 bits per heavy atom. The number of nitrogens with zero attached hydrogens (tertiary/aromatic N) is 4. The van der Waals surface area contributed by atoms with Gasteiger partial charge in [0, 0.05) is 18.7 Å². The molecule has 2 unspecified atom stereocenters. The molecule has 0 radical (unpaired) electrons. The van der Waals surface area contributed by atoms with Crippen LogP contribution in [-0.2, 0) is 11.1 Å². The second kappa shape index (κ2) is 8.04. The van der Waals surface area contributed by atoms with E-state index in [1.165, 1.54) is 6.07 Å². The summed E-state index contributed by atoms with van der Waals surface area (Å²) in [6.45, 7) is 9.45. The zero-order valence-corrected chi connectivity index (χ0v) is 18.3. The van der Waals surface area contributed by atoms with Crippen molar-refractivity contribution in [1.29, 1.82) is 0 Å². The van der Waals surface area contributed by atoms with E-state index in [0.29, 0.717) is 24.5 Å². The predicted octanol–water partition coefficient (Wildman–Crippen LogP) is 5.29. The smallest absolute Gasteiger partial charge is 0.314 e. The van der Waals surface area contributed by atoms with E-state index in [-0.39, 0.29) is 34.0 Å². The van der Waals surface area contributed by atoms with Crippen LogP contribution in [0.3, 0.4) is 0 Å². The molecular weight excluding hydrogens is 393 g/mol. The molecule has 1 aliphatic rings. The number of halogens is 3. The first-order valence-electron chi connectivity index (χ1n) is 10.3. The van der Waals surface area contributed by atoms with Crippen molar-refractivity contribution < 1.29 is 18.0 Å². The maximum atomic E-state index is 13.2. The predicted molar refractivity (Wildman–Crippen MR) is 109 cm³/mol. The number of carbonyl (C=O) groups is 1. The van der Waals surface area contributed by atoms with Crippen LogP contribution in [0, 0.1) is 25.7 Å². The van der Waals surface area contributed by atoms with Crippen molar-refractivity contribution in [1.82, 2.24) is 14.8 Å². The quantitative estimate of drug-likeness (QED) is 0.636. The molecule has 1 fully saturated rings. The third kappa shape index (κ3) is 4.52. The molecule has 8 heteroatoms. The molecular formula is C22H29F3N4O. The van der Waals surface area contributed by atoms with Crippen LogP contribution in [-0.4, -0.2) is 27.7 Å². The molecule has 2 heterocycles. The number of aromatic nitrogens is 3. The van der Waals surface area contributed by atoms with Gasteiger partial charge in [-0.2, -0.15) is 9.78 Å². The van der Waals surface area contributed by atoms with Crippen LogP contribution in [0.5, 0.6) is 0 Å². The molecule has 164 valence electrons. The highest BCUT2D eigenvalue weighted by atomic mass is 19.4. The summed E-state index contributed by atoms with van der Waals surface area (Å²) in [6, 6.07) is 3.44. The Bertz CT molecular complexity index is 935. The molecule has 0 bridgehead atoms. The van der Waals surface area contributed by atoms with E-state index in [1.54, 1.807) is 32.0 Å². The molecule has 0 aromatic carbocycles. The number of pyridine rings is 1. The highest BCUT2D eigenvalue weighted by Gasteiger charge is 2.46. The molecule has 1 aliphatic carbocycles. The monoisotopic (exact) mass is 422 g/mol. The van der Waals surface area contributed by atoms with Gasteiger partial charge in [-0.1, -0.05) is 20.8 Å². The lowest BCUT2D eigenvalue weighted by Crippen LogP contribution is -2.29. The molecule has 0 spiro atoms. The largest absolute Gasteiger partial charge is 0.504 e. The topological polar surface area (TPSA) is 51.0 Å². The Kier molecular flexibility index (Phi) is 5.98. The van der Waals surface area contributed by atoms with Crippen LogP contribution in [0.25, 0.3) is 0 Å². The second-order valence-electron chi connectivity index (χ2n) is 8.78. The lowest BCUT2D eigenvalue weighted by atomic mass is 9.99. The number of amides is 1. The minimum absolute atomic E-state index is 0.00814. The van der Waals surface area contributed by atoms with E-state index in [4.69, 9.17) is 0 Å². The second-order valence-corrected chi connectivity index (χ2v) is 8.78. The molecule has 1 amide bonds. The Morgan fingerprint density at radius 3 is 2.50 bits per heavy atom. The first kappa shape index (κ1) is 22.3. The maximum Gasteiger partial charge on any atom is 0.504 e. The average molecular weight is 422 g/mol. The number of hydrogen-bond donors (Lipinski definition) is 0. The van der Waals surface area contributed by atoms with Gasteiger partial charge in [-0.15, -0.1) is 13.2 Å². The van der Waals surface area contributed by atoms with Gasteiger partial charge in [-0.25, -0.2) is 0 Å². The number of hydrogen-bond acceptors (Lipinski definition) is 3. The van der Waals surface area contributed by atoms with Crippen LogP contribution in [0.4, 0.5) is 18.9 Å². The summed E-state index contributed by atoms with van der Waals surface area (Å²) in [4.78, 5) is 19.0. The van der Waals surface area contributed by atoms with Crippen LogP contribution >= 0.6 is 0 Å². The van der Waals surface area contributed by atoms with Crippen LogP contribution in [0.1, 0.15) is 68.1 Å². The van der Waals surface area contributed by atoms with Crippen LogP contribution in [0.15, 0.2) is 18.3 Å². The molecule has 3 atom stereocenters. The number of anilines is 1. The fraction of sp³-hybridized carbons (Fsp3) is 0.591. The molecule has 3 rings (SSSR count). The minimum Gasteiger partial charge on any atom is -0.314 e. The van der Waals surface area contributed by atoms with E-state index >= 15 is 0 Å². The molecule has 30 heavy (non-hydrogen) atoms. The number of carbonyl (C=O) groups excluding carboxylic acids is 1. The van der Waals surface area contributed by atoms with Crippen molar-refractivity contribution in [3.8, 4) is 0 Å². The zero-order chi connectivity index (χ0) is 22.4. The summed E-state index contributed by atoms with van der Waals surface area (Å²) in [5.74, 6) is -0.119. The average Bonchev–Trinajstić information content (AvgIpc) is 3.28. The fourth-order valence-electron chi connectivity index (χ4n) is 4.19. The van der Waals surface area contributed by atoms with E-state index < -0.39 is 6.30 Å². The van der Waals surface area contributed by atoms with Crippen molar-refractivity contribution in [2.75, 3.05) is 11.9 Å². The summed E-state index contributed by atoms with van der Waals surface area (Å²) in [5, 5.41) is 3.59. The highest BCUT2D eigenvalue weighted by Crippen LogP contribution is 2.47. The highest BCUT2D eigenvalue weighted by molar-refractivity contribution is 5.96. The van der Waals surface area contributed by atoms with E-state index in [0.717, 1.165) is 16.9 Å². The molecule has 1 saturated carbocycles. The van der Waals surface area contributed by atoms with Crippen molar-refractivity contribution in [2.45, 2.75) is 65.6 Å². The minimum atomic E-state index is -4.54. The third-order valence-corrected chi connectivity index (χ3v) is 5.87. The van der Waals surface area contributed by atoms with Gasteiger partial charge in [0.2, 0.25) is 5.91 Å². The summed E-state index contributed by atoms with van der Waals surface area (Å²) >= 11 is 0. The van der Waals surface area contributed by atoms with Gasteiger partial charge in [-0.3, -0.25) is 9.78 Å². The van der Waals surface area contributed by atoms with Gasteiger partial charge >= 0.3 is 6.30 Å². The SMILES string of the molecule is Cc1cc([C@H](C)CC2CC2C(=O)N(C)c2cnc(C(C)C)c(C)c2)n(C(F)(F)F)n1. The van der Waals surface area contributed by atoms with E-state index in [9.17, 15) is 18.0 Å². The maximum absolute atomic E-state index is 13.2. The lowest BCUT2D eigenvalue weighted by Gasteiger charge is -2.20. The van der Waals surface area contributed by atoms with Crippen LogP contribution < -0.4 is 4.90 Å². The van der Waals surface area contributed by atoms with Gasteiger partial charge in [0.15, 0.2) is 0 Å². The molecule has 0 aliphatic heterocycles. The summed E-state index contributed by atoms with van der Waals surface area (Å²) < 4.78 is 39.8. The first-order chi connectivity index (χ1) is 13.9. The number of aryl methyl sites for hydroxylation is 2. The molecule has 0 N–H and O–H groups in total. The Balaban J connectivity index is 1.66. The van der Waals surface area contributed by atoms with Gasteiger partial charge in [0.05, 0.1) is 23.3 Å². The third-order valence-electron chi connectivity index (χ3n) is 5.87. The Morgan fingerprint density at radius 2 is 1.93 bits per heavy atom. The normalized spacial score (nSPS) is 19.8. The Labute approximate surface area is 175 Å². The molecule has 5 nitrogen and oxygen atoms in total. The standard InChI is InChI=1S/C22H29F3N4O/c1-12(2)20-14(4)8-17(11-26-20)28(6)21(30)18-10-16(18)7-13(3)19-9-15(5)27-29(19)22(23,24)25/h8-9,11-13,16,18H,7,10H2,1-6H3/t13-,16?,18?/m1/s1. The van der Waals surface area contributed by atoms with Crippen molar-refractivity contribution in [3.63, 3.8) is 0 Å². The van der Waals surface area contributed by atoms with Gasteiger partial charge < -0.3 is 4.90 Å². The fourth-order valence-corrected chi connectivity index (χ4v) is 4.19. The molecule has 0 saturated heterocycles. The van der Waals surface area contributed by atoms with Gasteiger partial charge in [0.25, 0.3) is 0 Å². The Hall–Kier alpha value is -2.38. The van der Waals surface area contributed by atoms with Crippen molar-refractivity contribution in [2.24, 2.45) is 11.8 Å².